The summed E-state index contributed by atoms with van der Waals surface area (Å²) in [5.41, 5.74) is -1.06. The first-order valence-corrected chi connectivity index (χ1v) is 4.69. The fraction of sp³-hybridized carbons (Fsp3) is 0.833. The summed E-state index contributed by atoms with van der Waals surface area (Å²) in [6.07, 6.45) is 0.855. The Morgan fingerprint density at radius 1 is 1.64 bits per heavy atom. The first-order valence-electron chi connectivity index (χ1n) is 3.43. The van der Waals surface area contributed by atoms with E-state index in [1.807, 2.05) is 6.07 Å². The van der Waals surface area contributed by atoms with E-state index in [-0.39, 0.29) is 0 Å². The van der Waals surface area contributed by atoms with Crippen LogP contribution >= 0.6 is 8.25 Å². The van der Waals surface area contributed by atoms with E-state index in [1.165, 1.54) is 0 Å². The third-order valence-corrected chi connectivity index (χ3v) is 2.19. The lowest BCUT2D eigenvalue weighted by atomic mass is 10.0. The van der Waals surface area contributed by atoms with Crippen LogP contribution < -0.4 is 0 Å². The van der Waals surface area contributed by atoms with Gasteiger partial charge in [0.1, 0.15) is 0 Å². The van der Waals surface area contributed by atoms with Crippen LogP contribution in [0, 0.1) is 11.3 Å². The van der Waals surface area contributed by atoms with Gasteiger partial charge in [0.05, 0.1) is 6.07 Å². The minimum atomic E-state index is -3.00. The predicted octanol–water partition coefficient (Wildman–Crippen LogP) is 1.47. The summed E-state index contributed by atoms with van der Waals surface area (Å²) >= 11 is 0. The summed E-state index contributed by atoms with van der Waals surface area (Å²) in [5.74, 6) is 0. The molecule has 0 saturated heterocycles. The van der Waals surface area contributed by atoms with Crippen LogP contribution in [-0.4, -0.2) is 10.5 Å². The van der Waals surface area contributed by atoms with Gasteiger partial charge in [0.15, 0.2) is 5.60 Å². The van der Waals surface area contributed by atoms with Crippen molar-refractivity contribution < 1.29 is 14.0 Å². The Balaban J connectivity index is 4.32. The van der Waals surface area contributed by atoms with Crippen molar-refractivity contribution in [2.24, 2.45) is 0 Å². The number of nitriles is 1. The monoisotopic (exact) mass is 177 g/mol. The molecule has 0 aromatic heterocycles. The van der Waals surface area contributed by atoms with Crippen molar-refractivity contribution in [2.45, 2.75) is 32.3 Å². The minimum Gasteiger partial charge on any atom is -0.326 e. The lowest BCUT2D eigenvalue weighted by Gasteiger charge is -2.21. The van der Waals surface area contributed by atoms with Crippen molar-refractivity contribution in [3.05, 3.63) is 0 Å². The molecule has 4 nitrogen and oxygen atoms in total. The van der Waals surface area contributed by atoms with E-state index in [0.717, 1.165) is 0 Å². The molecule has 64 valence electrons. The Bertz CT molecular complexity index is 183. The van der Waals surface area contributed by atoms with Crippen molar-refractivity contribution in [2.75, 3.05) is 0 Å². The Kier molecular flexibility index (Phi) is 4.36. The van der Waals surface area contributed by atoms with Crippen LogP contribution in [0.4, 0.5) is 0 Å². The maximum absolute atomic E-state index is 10.3. The molecule has 0 spiro atoms. The van der Waals surface area contributed by atoms with E-state index in [1.54, 1.807) is 13.8 Å². The van der Waals surface area contributed by atoms with Crippen molar-refractivity contribution in [3.63, 3.8) is 0 Å². The second-order valence-electron chi connectivity index (χ2n) is 2.18. The van der Waals surface area contributed by atoms with Gasteiger partial charge in [-0.3, -0.25) is 9.09 Å². The molecule has 1 atom stereocenters. The van der Waals surface area contributed by atoms with E-state index in [4.69, 9.17) is 10.2 Å². The molecular weight excluding hydrogens is 165 g/mol. The molecule has 1 unspecified atom stereocenters. The van der Waals surface area contributed by atoms with Crippen LogP contribution in [0.25, 0.3) is 0 Å². The Labute approximate surface area is 66.7 Å². The zero-order valence-corrected chi connectivity index (χ0v) is 7.63. The number of rotatable bonds is 4. The molecule has 0 fully saturated rings. The third kappa shape index (κ3) is 3.02. The smallest absolute Gasteiger partial charge is 0.318 e. The fourth-order valence-corrected chi connectivity index (χ4v) is 1.41. The highest BCUT2D eigenvalue weighted by Crippen LogP contribution is 2.30. The average Bonchev–Trinajstić information content (AvgIpc) is 2.00. The van der Waals surface area contributed by atoms with Gasteiger partial charge in [-0.1, -0.05) is 13.8 Å². The largest absolute Gasteiger partial charge is 0.326 e. The summed E-state index contributed by atoms with van der Waals surface area (Å²) in [7, 11) is -3.00. The van der Waals surface area contributed by atoms with Crippen molar-refractivity contribution in [1.29, 1.82) is 5.26 Å². The topological polar surface area (TPSA) is 70.3 Å². The number of hydrogen-bond acceptors (Lipinski definition) is 3. The molecule has 0 aliphatic heterocycles. The van der Waals surface area contributed by atoms with Crippen molar-refractivity contribution in [3.8, 4) is 6.07 Å². The molecule has 0 rings (SSSR count). The van der Waals surface area contributed by atoms with Gasteiger partial charge in [0, 0.05) is 0 Å². The highest BCUT2D eigenvalue weighted by Gasteiger charge is 2.28. The lowest BCUT2D eigenvalue weighted by Crippen LogP contribution is -2.25. The molecule has 0 heterocycles. The van der Waals surface area contributed by atoms with Gasteiger partial charge in [0.2, 0.25) is 0 Å². The molecule has 0 saturated carbocycles. The first-order chi connectivity index (χ1) is 5.10. The standard InChI is InChI=1S/C6H12NO3P/c1-3-6(4-2,5-7)10-11(8)9/h11H,3-4H2,1-2H3,(H,8,9). The highest BCUT2D eigenvalue weighted by atomic mass is 31.1. The van der Waals surface area contributed by atoms with Crippen LogP contribution in [0.15, 0.2) is 0 Å². The van der Waals surface area contributed by atoms with Crippen LogP contribution in [0.2, 0.25) is 0 Å². The molecule has 11 heavy (non-hydrogen) atoms. The normalized spacial score (nSPS) is 14.0. The Morgan fingerprint density at radius 3 is 2.18 bits per heavy atom. The van der Waals surface area contributed by atoms with Crippen LogP contribution in [0.1, 0.15) is 26.7 Å². The first kappa shape index (κ1) is 10.6. The van der Waals surface area contributed by atoms with E-state index >= 15 is 0 Å². The number of hydrogen-bond donors (Lipinski definition) is 1. The van der Waals surface area contributed by atoms with Gasteiger partial charge in [-0.2, -0.15) is 5.26 Å². The van der Waals surface area contributed by atoms with E-state index in [9.17, 15) is 4.57 Å². The molecule has 0 aromatic rings. The van der Waals surface area contributed by atoms with Gasteiger partial charge >= 0.3 is 8.25 Å². The van der Waals surface area contributed by atoms with Gasteiger partial charge in [-0.05, 0) is 12.8 Å². The quantitative estimate of drug-likeness (QED) is 0.660. The van der Waals surface area contributed by atoms with E-state index in [2.05, 4.69) is 4.52 Å². The van der Waals surface area contributed by atoms with Crippen LogP contribution in [0.3, 0.4) is 0 Å². The third-order valence-electron chi connectivity index (χ3n) is 1.63. The van der Waals surface area contributed by atoms with Gasteiger partial charge in [-0.25, -0.2) is 0 Å². The summed E-state index contributed by atoms with van der Waals surface area (Å²) < 4.78 is 14.9. The van der Waals surface area contributed by atoms with Crippen LogP contribution in [0.5, 0.6) is 0 Å². The lowest BCUT2D eigenvalue weighted by molar-refractivity contribution is 0.112. The SMILES string of the molecule is CCC(C#N)(CC)O[PH](=O)O. The number of nitrogens with zero attached hydrogens (tertiary/aromatic N) is 1. The zero-order chi connectivity index (χ0) is 8.91. The summed E-state index contributed by atoms with van der Waals surface area (Å²) in [5, 5.41) is 8.62. The van der Waals surface area contributed by atoms with E-state index < -0.39 is 13.9 Å². The summed E-state index contributed by atoms with van der Waals surface area (Å²) in [6, 6.07) is 1.89. The van der Waals surface area contributed by atoms with Gasteiger partial charge in [-0.15, -0.1) is 0 Å². The Morgan fingerprint density at radius 2 is 2.09 bits per heavy atom. The van der Waals surface area contributed by atoms with Crippen molar-refractivity contribution in [1.82, 2.24) is 0 Å². The summed E-state index contributed by atoms with van der Waals surface area (Å²) in [4.78, 5) is 8.45. The fourth-order valence-electron chi connectivity index (χ4n) is 0.742. The molecule has 0 bridgehead atoms. The molecule has 0 amide bonds. The van der Waals surface area contributed by atoms with Gasteiger partial charge in [0.25, 0.3) is 0 Å². The second kappa shape index (κ2) is 4.50. The second-order valence-corrected chi connectivity index (χ2v) is 2.92. The molecule has 0 aliphatic rings. The maximum atomic E-state index is 10.3. The molecule has 0 aliphatic carbocycles. The van der Waals surface area contributed by atoms with Crippen molar-refractivity contribution >= 4 is 8.25 Å². The molecule has 0 radical (unpaired) electrons. The molecule has 0 aromatic carbocycles. The zero-order valence-electron chi connectivity index (χ0n) is 6.63. The predicted molar refractivity (Wildman–Crippen MR) is 41.2 cm³/mol. The van der Waals surface area contributed by atoms with Crippen LogP contribution in [-0.2, 0) is 9.09 Å². The minimum absolute atomic E-state index is 0.428. The highest BCUT2D eigenvalue weighted by molar-refractivity contribution is 7.32. The summed E-state index contributed by atoms with van der Waals surface area (Å²) in [6.45, 7) is 3.50. The molecular formula is C6H12NO3P. The average molecular weight is 177 g/mol. The molecule has 1 N–H and O–H groups in total. The maximum Gasteiger partial charge on any atom is 0.318 e. The van der Waals surface area contributed by atoms with E-state index in [0.29, 0.717) is 12.8 Å². The Hall–Kier alpha value is -0.360. The molecule has 5 heteroatoms. The van der Waals surface area contributed by atoms with Gasteiger partial charge < -0.3 is 4.89 Å².